The van der Waals surface area contributed by atoms with Crippen molar-refractivity contribution in [2.24, 2.45) is 0 Å². The zero-order valence-electron chi connectivity index (χ0n) is 23.5. The summed E-state index contributed by atoms with van der Waals surface area (Å²) >= 11 is 0. The highest BCUT2D eigenvalue weighted by atomic mass is 32.2. The third kappa shape index (κ3) is 6.40. The van der Waals surface area contributed by atoms with Gasteiger partial charge in [0, 0.05) is 48.6 Å². The van der Waals surface area contributed by atoms with Crippen LogP contribution in [0, 0.1) is 0 Å². The SMILES string of the molecule is CN(C)CCn1c(C(=O)N2CCOCC2)c(C(c2ccc(O)cc2)c2ccc(OS(C)(=O)=O)cc2)c2ccccc21. The Morgan fingerprint density at radius 3 is 2.20 bits per heavy atom. The van der Waals surface area contributed by atoms with Crippen LogP contribution >= 0.6 is 0 Å². The van der Waals surface area contributed by atoms with Crippen LogP contribution < -0.4 is 4.18 Å². The van der Waals surface area contributed by atoms with Gasteiger partial charge in [0.05, 0.1) is 19.5 Å². The number of carbonyl (C=O) groups is 1. The van der Waals surface area contributed by atoms with Crippen LogP contribution in [0.1, 0.15) is 33.1 Å². The van der Waals surface area contributed by atoms with E-state index in [4.69, 9.17) is 8.92 Å². The number of rotatable bonds is 9. The molecule has 1 fully saturated rings. The molecule has 1 aliphatic heterocycles. The molecule has 5 rings (SSSR count). The van der Waals surface area contributed by atoms with E-state index >= 15 is 0 Å². The quantitative estimate of drug-likeness (QED) is 0.301. The van der Waals surface area contributed by atoms with Crippen LogP contribution in [0.3, 0.4) is 0 Å². The summed E-state index contributed by atoms with van der Waals surface area (Å²) in [6.45, 7) is 3.35. The molecule has 0 saturated carbocycles. The molecule has 1 aliphatic rings. The number of aromatic hydroxyl groups is 1. The number of carbonyl (C=O) groups excluding carboxylic acids is 1. The molecule has 1 amide bonds. The van der Waals surface area contributed by atoms with Crippen LogP contribution in [-0.4, -0.2) is 87.0 Å². The van der Waals surface area contributed by atoms with E-state index in [0.29, 0.717) is 38.5 Å². The monoisotopic (exact) mass is 577 g/mol. The molecular formula is C31H35N3O6S. The predicted molar refractivity (Wildman–Crippen MR) is 158 cm³/mol. The summed E-state index contributed by atoms with van der Waals surface area (Å²) in [6.07, 6.45) is 1.01. The van der Waals surface area contributed by atoms with Crippen molar-refractivity contribution in [3.63, 3.8) is 0 Å². The van der Waals surface area contributed by atoms with Gasteiger partial charge in [0.15, 0.2) is 0 Å². The summed E-state index contributed by atoms with van der Waals surface area (Å²) in [7, 11) is 0.335. The van der Waals surface area contributed by atoms with Gasteiger partial charge in [-0.15, -0.1) is 0 Å². The minimum Gasteiger partial charge on any atom is -0.508 e. The first-order valence-corrected chi connectivity index (χ1v) is 15.4. The Kier molecular flexibility index (Phi) is 8.35. The van der Waals surface area contributed by atoms with Crippen molar-refractivity contribution >= 4 is 26.9 Å². The third-order valence-electron chi connectivity index (χ3n) is 7.26. The Morgan fingerprint density at radius 1 is 0.976 bits per heavy atom. The third-order valence-corrected chi connectivity index (χ3v) is 7.75. The lowest BCUT2D eigenvalue weighted by Crippen LogP contribution is -2.42. The normalized spacial score (nSPS) is 14.9. The van der Waals surface area contributed by atoms with E-state index in [-0.39, 0.29) is 17.4 Å². The van der Waals surface area contributed by atoms with E-state index in [2.05, 4.69) is 9.47 Å². The van der Waals surface area contributed by atoms with Gasteiger partial charge in [0.2, 0.25) is 0 Å². The Balaban J connectivity index is 1.76. The first-order valence-electron chi connectivity index (χ1n) is 13.5. The molecule has 0 aliphatic carbocycles. The average Bonchev–Trinajstić information content (AvgIpc) is 3.27. The minimum atomic E-state index is -3.68. The lowest BCUT2D eigenvalue weighted by molar-refractivity contribution is 0.0295. The first kappa shape index (κ1) is 28.7. The zero-order chi connectivity index (χ0) is 29.1. The number of aromatic nitrogens is 1. The summed E-state index contributed by atoms with van der Waals surface area (Å²) in [6, 6.07) is 21.9. The number of phenolic OH excluding ortho intramolecular Hbond substituents is 1. The molecule has 1 unspecified atom stereocenters. The molecule has 0 radical (unpaired) electrons. The van der Waals surface area contributed by atoms with Gasteiger partial charge in [-0.3, -0.25) is 4.79 Å². The Hall–Kier alpha value is -3.86. The lowest BCUT2D eigenvalue weighted by Gasteiger charge is -2.29. The highest BCUT2D eigenvalue weighted by molar-refractivity contribution is 7.86. The second-order valence-electron chi connectivity index (χ2n) is 10.5. The molecule has 1 atom stereocenters. The molecule has 1 aromatic heterocycles. The van der Waals surface area contributed by atoms with Crippen molar-refractivity contribution in [2.45, 2.75) is 12.5 Å². The smallest absolute Gasteiger partial charge is 0.306 e. The van der Waals surface area contributed by atoms with Gasteiger partial charge in [-0.2, -0.15) is 8.42 Å². The van der Waals surface area contributed by atoms with E-state index < -0.39 is 16.0 Å². The van der Waals surface area contributed by atoms with Crippen LogP contribution in [0.25, 0.3) is 10.9 Å². The number of phenols is 1. The maximum atomic E-state index is 14.4. The van der Waals surface area contributed by atoms with Crippen molar-refractivity contribution < 1.29 is 27.2 Å². The van der Waals surface area contributed by atoms with Crippen LogP contribution in [0.5, 0.6) is 11.5 Å². The fourth-order valence-corrected chi connectivity index (χ4v) is 5.85. The molecule has 4 aromatic rings. The van der Waals surface area contributed by atoms with Crippen LogP contribution in [0.2, 0.25) is 0 Å². The number of likely N-dealkylation sites (N-methyl/N-ethyl adjacent to an activating group) is 1. The fraction of sp³-hybridized carbons (Fsp3) is 0.323. The summed E-state index contributed by atoms with van der Waals surface area (Å²) in [5.74, 6) is -0.103. The maximum absolute atomic E-state index is 14.4. The number of hydrogen-bond acceptors (Lipinski definition) is 7. The van der Waals surface area contributed by atoms with E-state index in [1.54, 1.807) is 24.3 Å². The van der Waals surface area contributed by atoms with Crippen LogP contribution in [0.4, 0.5) is 0 Å². The molecular weight excluding hydrogens is 542 g/mol. The molecule has 0 bridgehead atoms. The Labute approximate surface area is 240 Å². The zero-order valence-corrected chi connectivity index (χ0v) is 24.3. The predicted octanol–water partition coefficient (Wildman–Crippen LogP) is 3.90. The molecule has 1 saturated heterocycles. The first-order chi connectivity index (χ1) is 19.6. The largest absolute Gasteiger partial charge is 0.508 e. The molecule has 10 heteroatoms. The summed E-state index contributed by atoms with van der Waals surface area (Å²) < 4.78 is 36.2. The van der Waals surface area contributed by atoms with Gasteiger partial charge in [-0.05, 0) is 55.6 Å². The topological polar surface area (TPSA) is 101 Å². The van der Waals surface area contributed by atoms with Crippen molar-refractivity contribution in [3.05, 3.63) is 95.2 Å². The number of fused-ring (bicyclic) bond motifs is 1. The van der Waals surface area contributed by atoms with Crippen molar-refractivity contribution in [2.75, 3.05) is 53.2 Å². The highest BCUT2D eigenvalue weighted by Crippen LogP contribution is 2.41. The summed E-state index contributed by atoms with van der Waals surface area (Å²) in [4.78, 5) is 18.3. The van der Waals surface area contributed by atoms with Gasteiger partial charge in [-0.1, -0.05) is 42.5 Å². The number of morpholine rings is 1. The van der Waals surface area contributed by atoms with E-state index in [1.807, 2.05) is 67.5 Å². The van der Waals surface area contributed by atoms with Crippen molar-refractivity contribution in [3.8, 4) is 11.5 Å². The van der Waals surface area contributed by atoms with Crippen LogP contribution in [-0.2, 0) is 21.4 Å². The number of benzene rings is 3. The van der Waals surface area contributed by atoms with E-state index in [9.17, 15) is 18.3 Å². The fourth-order valence-electron chi connectivity index (χ4n) is 5.38. The molecule has 0 spiro atoms. The molecule has 41 heavy (non-hydrogen) atoms. The Morgan fingerprint density at radius 2 is 1.59 bits per heavy atom. The number of para-hydroxylation sites is 1. The maximum Gasteiger partial charge on any atom is 0.306 e. The standard InChI is InChI=1S/C31H35N3O6S/c1-32(2)16-17-34-27-7-5-4-6-26(27)29(30(34)31(36)33-18-20-39-21-19-33)28(22-8-12-24(35)13-9-22)23-10-14-25(15-11-23)40-41(3,37)38/h4-15,28,35H,16-21H2,1-3H3. The van der Waals surface area contributed by atoms with E-state index in [0.717, 1.165) is 40.4 Å². The molecule has 3 aromatic carbocycles. The van der Waals surface area contributed by atoms with Gasteiger partial charge < -0.3 is 28.4 Å². The second kappa shape index (κ2) is 11.9. The Bertz CT molecular complexity index is 1620. The second-order valence-corrected chi connectivity index (χ2v) is 12.1. The average molecular weight is 578 g/mol. The van der Waals surface area contributed by atoms with Gasteiger partial charge in [0.25, 0.3) is 5.91 Å². The van der Waals surface area contributed by atoms with Gasteiger partial charge >= 0.3 is 10.1 Å². The number of nitrogens with zero attached hydrogens (tertiary/aromatic N) is 3. The molecule has 2 heterocycles. The molecule has 9 nitrogen and oxygen atoms in total. The summed E-state index contributed by atoms with van der Waals surface area (Å²) in [5, 5.41) is 11.0. The minimum absolute atomic E-state index is 0.0564. The van der Waals surface area contributed by atoms with Gasteiger partial charge in [-0.25, -0.2) is 0 Å². The van der Waals surface area contributed by atoms with E-state index in [1.165, 1.54) is 0 Å². The number of ether oxygens (including phenoxy) is 1. The number of hydrogen-bond donors (Lipinski definition) is 1. The summed E-state index contributed by atoms with van der Waals surface area (Å²) in [5.41, 5.74) is 4.17. The van der Waals surface area contributed by atoms with Gasteiger partial charge in [0.1, 0.15) is 17.2 Å². The number of amides is 1. The lowest BCUT2D eigenvalue weighted by atomic mass is 9.83. The van der Waals surface area contributed by atoms with Crippen molar-refractivity contribution in [1.29, 1.82) is 0 Å². The van der Waals surface area contributed by atoms with Crippen LogP contribution in [0.15, 0.2) is 72.8 Å². The highest BCUT2D eigenvalue weighted by Gasteiger charge is 2.33. The molecule has 216 valence electrons. The van der Waals surface area contributed by atoms with Crippen molar-refractivity contribution in [1.82, 2.24) is 14.4 Å². The molecule has 1 N–H and O–H groups in total.